The Bertz CT molecular complexity index is 3170. The molecule has 2 heteroatoms. The van der Waals surface area contributed by atoms with E-state index in [0.717, 1.165) is 17.1 Å². The topological polar surface area (TPSA) is 8.17 Å². The molecule has 0 atom stereocenters. The summed E-state index contributed by atoms with van der Waals surface area (Å²) >= 11 is 0. The van der Waals surface area contributed by atoms with Gasteiger partial charge in [0.15, 0.2) is 0 Å². The Hall–Kier alpha value is -7.42. The lowest BCUT2D eigenvalue weighted by Crippen LogP contribution is -2.17. The second-order valence-corrected chi connectivity index (χ2v) is 16.2. The lowest BCUT2D eigenvalue weighted by molar-refractivity contribution is 0.660. The molecule has 1 aliphatic rings. The molecule has 0 fully saturated rings. The largest absolute Gasteiger partial charge is 0.310 e. The van der Waals surface area contributed by atoms with Crippen LogP contribution in [0.2, 0.25) is 0 Å². The fourth-order valence-corrected chi connectivity index (χ4v) is 9.41. The van der Waals surface area contributed by atoms with E-state index in [1.807, 2.05) is 0 Å². The van der Waals surface area contributed by atoms with Gasteiger partial charge in [-0.1, -0.05) is 159 Å². The first-order valence-corrected chi connectivity index (χ1v) is 20.5. The number of nitrogens with zero attached hydrogens (tertiary/aromatic N) is 2. The molecule has 1 aromatic heterocycles. The van der Waals surface area contributed by atoms with Crippen LogP contribution in [0.1, 0.15) is 25.0 Å². The summed E-state index contributed by atoms with van der Waals surface area (Å²) in [7, 11) is 0. The molecule has 2 nitrogen and oxygen atoms in total. The van der Waals surface area contributed by atoms with Gasteiger partial charge < -0.3 is 9.47 Å². The van der Waals surface area contributed by atoms with Crippen LogP contribution >= 0.6 is 0 Å². The van der Waals surface area contributed by atoms with Crippen LogP contribution in [-0.2, 0) is 5.41 Å². The van der Waals surface area contributed by atoms with Gasteiger partial charge in [-0.15, -0.1) is 0 Å². The number of hydrogen-bond acceptors (Lipinski definition) is 1. The molecule has 0 saturated carbocycles. The molecule has 0 bridgehead atoms. The molecule has 0 N–H and O–H groups in total. The Labute approximate surface area is 345 Å². The van der Waals surface area contributed by atoms with Crippen LogP contribution in [0, 0.1) is 0 Å². The first-order valence-electron chi connectivity index (χ1n) is 20.5. The van der Waals surface area contributed by atoms with E-state index in [1.165, 1.54) is 83.1 Å². The van der Waals surface area contributed by atoms with Gasteiger partial charge in [0.25, 0.3) is 0 Å². The van der Waals surface area contributed by atoms with Gasteiger partial charge in [-0.25, -0.2) is 0 Å². The summed E-state index contributed by atoms with van der Waals surface area (Å²) in [6.45, 7) is 4.77. The van der Waals surface area contributed by atoms with Crippen LogP contribution in [0.3, 0.4) is 0 Å². The van der Waals surface area contributed by atoms with E-state index in [1.54, 1.807) is 0 Å². The van der Waals surface area contributed by atoms with E-state index >= 15 is 0 Å². The molecule has 1 aliphatic carbocycles. The van der Waals surface area contributed by atoms with Crippen molar-refractivity contribution in [3.05, 3.63) is 230 Å². The van der Waals surface area contributed by atoms with Gasteiger partial charge in [-0.2, -0.15) is 0 Å². The molecular formula is C57H42N2. The number of aromatic nitrogens is 1. The summed E-state index contributed by atoms with van der Waals surface area (Å²) in [5, 5.41) is 2.53. The molecule has 0 radical (unpaired) electrons. The smallest absolute Gasteiger partial charge is 0.0541 e. The van der Waals surface area contributed by atoms with Crippen LogP contribution in [0.25, 0.3) is 72.0 Å². The highest BCUT2D eigenvalue weighted by Gasteiger charge is 2.36. The SMILES string of the molecule is CC1(C)c2cc(N(c3ccccc3)c3cccc(-c4cccc(-c5ccccc5)c4)c3)ccc2-c2ccc(-n3c4ccccc4c4cc(-c5ccccc5)ccc43)cc21. The summed E-state index contributed by atoms with van der Waals surface area (Å²) in [4.78, 5) is 2.40. The molecular weight excluding hydrogens is 713 g/mol. The highest BCUT2D eigenvalue weighted by Crippen LogP contribution is 2.52. The summed E-state index contributed by atoms with van der Waals surface area (Å²) in [5.41, 5.74) is 19.4. The lowest BCUT2D eigenvalue weighted by Gasteiger charge is -2.28. The highest BCUT2D eigenvalue weighted by molar-refractivity contribution is 6.10. The van der Waals surface area contributed by atoms with Crippen LogP contribution < -0.4 is 4.90 Å². The number of anilines is 3. The molecule has 0 spiro atoms. The first-order chi connectivity index (χ1) is 29.0. The quantitative estimate of drug-likeness (QED) is 0.157. The molecule has 9 aromatic carbocycles. The van der Waals surface area contributed by atoms with Gasteiger partial charge in [0.05, 0.1) is 11.0 Å². The molecule has 11 rings (SSSR count). The zero-order valence-corrected chi connectivity index (χ0v) is 33.2. The molecule has 10 aromatic rings. The fourth-order valence-electron chi connectivity index (χ4n) is 9.41. The lowest BCUT2D eigenvalue weighted by atomic mass is 9.82. The minimum atomic E-state index is -0.224. The van der Waals surface area contributed by atoms with Gasteiger partial charge in [-0.05, 0) is 128 Å². The second kappa shape index (κ2) is 13.9. The molecule has 59 heavy (non-hydrogen) atoms. The zero-order valence-electron chi connectivity index (χ0n) is 33.2. The van der Waals surface area contributed by atoms with Crippen LogP contribution in [-0.4, -0.2) is 4.57 Å². The van der Waals surface area contributed by atoms with E-state index in [9.17, 15) is 0 Å². The highest BCUT2D eigenvalue weighted by atomic mass is 15.1. The third-order valence-electron chi connectivity index (χ3n) is 12.4. The monoisotopic (exact) mass is 754 g/mol. The standard InChI is InChI=1S/C57H42N2/c1-57(2)53-37-47(58(45-23-10-5-11-24-45)46-25-15-22-43(35-46)42-21-14-20-41(34-42)39-16-6-3-7-17-39)29-31-49(53)50-32-30-48(38-54(50)57)59-55-27-13-12-26-51(55)52-36-44(28-33-56(52)59)40-18-8-4-9-19-40/h3-38H,1-2H3. The summed E-state index contributed by atoms with van der Waals surface area (Å²) in [6, 6.07) is 79.7. The Morgan fingerprint density at radius 2 is 0.847 bits per heavy atom. The van der Waals surface area contributed by atoms with Crippen molar-refractivity contribution < 1.29 is 0 Å². The fraction of sp³-hybridized carbons (Fsp3) is 0.0526. The maximum atomic E-state index is 2.45. The van der Waals surface area contributed by atoms with E-state index < -0.39 is 0 Å². The average Bonchev–Trinajstić information content (AvgIpc) is 3.75. The number of benzene rings is 9. The molecule has 0 aliphatic heterocycles. The minimum Gasteiger partial charge on any atom is -0.310 e. The Kier molecular flexibility index (Phi) is 8.20. The Balaban J connectivity index is 0.995. The van der Waals surface area contributed by atoms with Crippen LogP contribution in [0.5, 0.6) is 0 Å². The summed E-state index contributed by atoms with van der Waals surface area (Å²) in [5.74, 6) is 0. The summed E-state index contributed by atoms with van der Waals surface area (Å²) < 4.78 is 2.45. The van der Waals surface area contributed by atoms with Crippen molar-refractivity contribution in [2.24, 2.45) is 0 Å². The van der Waals surface area contributed by atoms with Crippen molar-refractivity contribution in [1.82, 2.24) is 4.57 Å². The van der Waals surface area contributed by atoms with Gasteiger partial charge in [-0.3, -0.25) is 0 Å². The van der Waals surface area contributed by atoms with Crippen molar-refractivity contribution in [2.45, 2.75) is 19.3 Å². The predicted molar refractivity (Wildman–Crippen MR) is 249 cm³/mol. The molecule has 0 saturated heterocycles. The first kappa shape index (κ1) is 34.8. The van der Waals surface area contributed by atoms with Crippen molar-refractivity contribution in [1.29, 1.82) is 0 Å². The van der Waals surface area contributed by atoms with Crippen molar-refractivity contribution in [3.8, 4) is 50.2 Å². The van der Waals surface area contributed by atoms with E-state index in [-0.39, 0.29) is 5.41 Å². The van der Waals surface area contributed by atoms with Gasteiger partial charge in [0, 0.05) is 38.9 Å². The maximum absolute atomic E-state index is 2.45. The Morgan fingerprint density at radius 3 is 1.58 bits per heavy atom. The van der Waals surface area contributed by atoms with Crippen molar-refractivity contribution in [2.75, 3.05) is 4.90 Å². The number of fused-ring (bicyclic) bond motifs is 6. The summed E-state index contributed by atoms with van der Waals surface area (Å²) in [6.07, 6.45) is 0. The molecule has 0 amide bonds. The van der Waals surface area contributed by atoms with Gasteiger partial charge >= 0.3 is 0 Å². The van der Waals surface area contributed by atoms with Crippen LogP contribution in [0.4, 0.5) is 17.1 Å². The van der Waals surface area contributed by atoms with Crippen LogP contribution in [0.15, 0.2) is 218 Å². The molecule has 1 heterocycles. The predicted octanol–water partition coefficient (Wildman–Crippen LogP) is 15.6. The molecule has 0 unspecified atom stereocenters. The number of hydrogen-bond donors (Lipinski definition) is 0. The van der Waals surface area contributed by atoms with Crippen molar-refractivity contribution in [3.63, 3.8) is 0 Å². The van der Waals surface area contributed by atoms with E-state index in [2.05, 4.69) is 242 Å². The molecule has 280 valence electrons. The van der Waals surface area contributed by atoms with Gasteiger partial charge in [0.2, 0.25) is 0 Å². The third-order valence-corrected chi connectivity index (χ3v) is 12.4. The third kappa shape index (κ3) is 5.87. The number of rotatable bonds is 7. The van der Waals surface area contributed by atoms with Crippen molar-refractivity contribution >= 4 is 38.9 Å². The second-order valence-electron chi connectivity index (χ2n) is 16.2. The maximum Gasteiger partial charge on any atom is 0.0541 e. The number of para-hydroxylation sites is 2. The zero-order chi connectivity index (χ0) is 39.5. The Morgan fingerprint density at radius 1 is 0.339 bits per heavy atom. The van der Waals surface area contributed by atoms with E-state index in [0.29, 0.717) is 0 Å². The normalized spacial score (nSPS) is 12.7. The average molecular weight is 755 g/mol. The minimum absolute atomic E-state index is 0.224. The van der Waals surface area contributed by atoms with Gasteiger partial charge in [0.1, 0.15) is 0 Å². The van der Waals surface area contributed by atoms with E-state index in [4.69, 9.17) is 0 Å².